The van der Waals surface area contributed by atoms with E-state index in [4.69, 9.17) is 4.52 Å². The van der Waals surface area contributed by atoms with Gasteiger partial charge in [-0.25, -0.2) is 0 Å². The summed E-state index contributed by atoms with van der Waals surface area (Å²) in [6.07, 6.45) is 2.57. The minimum Gasteiger partial charge on any atom is -0.361 e. The van der Waals surface area contributed by atoms with Crippen LogP contribution in [0.15, 0.2) is 4.52 Å². The quantitative estimate of drug-likeness (QED) is 0.592. The molecule has 0 aliphatic heterocycles. The van der Waals surface area contributed by atoms with Crippen molar-refractivity contribution in [1.29, 1.82) is 0 Å². The van der Waals surface area contributed by atoms with Crippen molar-refractivity contribution < 1.29 is 4.52 Å². The first-order valence-electron chi connectivity index (χ1n) is 3.72. The van der Waals surface area contributed by atoms with Gasteiger partial charge in [-0.2, -0.15) is 0 Å². The normalized spacial score (nSPS) is 17.8. The molecular formula is C8H11NO. The summed E-state index contributed by atoms with van der Waals surface area (Å²) in [6.45, 7) is 4.07. The summed E-state index contributed by atoms with van der Waals surface area (Å²) in [4.78, 5) is 0. The summed E-state index contributed by atoms with van der Waals surface area (Å²) >= 11 is 0. The molecule has 2 heteroatoms. The molecule has 1 fully saturated rings. The van der Waals surface area contributed by atoms with E-state index < -0.39 is 0 Å². The number of hydrogen-bond acceptors (Lipinski definition) is 2. The van der Waals surface area contributed by atoms with E-state index in [0.29, 0.717) is 5.92 Å². The molecule has 1 heterocycles. The van der Waals surface area contributed by atoms with E-state index in [9.17, 15) is 0 Å². The van der Waals surface area contributed by atoms with Gasteiger partial charge in [0.1, 0.15) is 5.76 Å². The van der Waals surface area contributed by atoms with Crippen molar-refractivity contribution in [2.75, 3.05) is 0 Å². The van der Waals surface area contributed by atoms with Crippen LogP contribution < -0.4 is 0 Å². The van der Waals surface area contributed by atoms with E-state index >= 15 is 0 Å². The van der Waals surface area contributed by atoms with Gasteiger partial charge in [-0.3, -0.25) is 0 Å². The molecule has 10 heavy (non-hydrogen) atoms. The zero-order chi connectivity index (χ0) is 7.14. The van der Waals surface area contributed by atoms with Gasteiger partial charge < -0.3 is 4.52 Å². The second-order valence-corrected chi connectivity index (χ2v) is 3.03. The molecule has 0 radical (unpaired) electrons. The summed E-state index contributed by atoms with van der Waals surface area (Å²) in [5.74, 6) is 1.82. The Kier molecular flexibility index (Phi) is 1.10. The molecule has 0 bridgehead atoms. The lowest BCUT2D eigenvalue weighted by Crippen LogP contribution is -1.78. The monoisotopic (exact) mass is 137 g/mol. The molecule has 0 N–H and O–H groups in total. The first kappa shape index (κ1) is 5.96. The van der Waals surface area contributed by atoms with Crippen LogP contribution in [0.5, 0.6) is 0 Å². The largest absolute Gasteiger partial charge is 0.361 e. The lowest BCUT2D eigenvalue weighted by atomic mass is 10.2. The van der Waals surface area contributed by atoms with Gasteiger partial charge in [0.05, 0.1) is 5.69 Å². The molecule has 2 nitrogen and oxygen atoms in total. The van der Waals surface area contributed by atoms with E-state index in [-0.39, 0.29) is 0 Å². The Bertz CT molecular complexity index is 248. The fourth-order valence-corrected chi connectivity index (χ4v) is 1.16. The maximum Gasteiger partial charge on any atom is 0.142 e. The zero-order valence-electron chi connectivity index (χ0n) is 6.35. The van der Waals surface area contributed by atoms with Crippen molar-refractivity contribution in [1.82, 2.24) is 5.16 Å². The van der Waals surface area contributed by atoms with Crippen molar-refractivity contribution in [2.45, 2.75) is 32.6 Å². The standard InChI is InChI=1S/C8H11NO/c1-5-6(2)9-10-8(5)7-3-4-7/h7H,3-4H2,1-2H3. The van der Waals surface area contributed by atoms with Gasteiger partial charge in [-0.15, -0.1) is 0 Å². The molecule has 1 aliphatic carbocycles. The minimum absolute atomic E-state index is 0.696. The maximum absolute atomic E-state index is 5.17. The SMILES string of the molecule is Cc1noc(C2CC2)c1C. The molecule has 1 aromatic heterocycles. The molecule has 0 amide bonds. The van der Waals surface area contributed by atoms with Crippen LogP contribution in [0.25, 0.3) is 0 Å². The molecule has 0 unspecified atom stereocenters. The van der Waals surface area contributed by atoms with Gasteiger partial charge >= 0.3 is 0 Å². The summed E-state index contributed by atoms with van der Waals surface area (Å²) in [6, 6.07) is 0. The second-order valence-electron chi connectivity index (χ2n) is 3.03. The molecule has 1 aliphatic rings. The number of nitrogens with zero attached hydrogens (tertiary/aromatic N) is 1. The summed E-state index contributed by atoms with van der Waals surface area (Å²) in [5, 5.41) is 3.90. The molecule has 0 atom stereocenters. The van der Waals surface area contributed by atoms with Gasteiger partial charge in [0.25, 0.3) is 0 Å². The lowest BCUT2D eigenvalue weighted by molar-refractivity contribution is 0.380. The minimum atomic E-state index is 0.696. The fraction of sp³-hybridized carbons (Fsp3) is 0.625. The van der Waals surface area contributed by atoms with E-state index in [1.807, 2.05) is 6.92 Å². The molecule has 0 saturated heterocycles. The summed E-state index contributed by atoms with van der Waals surface area (Å²) in [7, 11) is 0. The highest BCUT2D eigenvalue weighted by Gasteiger charge is 2.29. The van der Waals surface area contributed by atoms with Gasteiger partial charge in [0, 0.05) is 11.5 Å². The average molecular weight is 137 g/mol. The molecule has 2 rings (SSSR count). The maximum atomic E-state index is 5.17. The van der Waals surface area contributed by atoms with Crippen LogP contribution in [-0.2, 0) is 0 Å². The Hall–Kier alpha value is -0.790. The third kappa shape index (κ3) is 0.753. The predicted octanol–water partition coefficient (Wildman–Crippen LogP) is 2.17. The van der Waals surface area contributed by atoms with Gasteiger partial charge in [0.2, 0.25) is 0 Å². The Morgan fingerprint density at radius 3 is 2.50 bits per heavy atom. The topological polar surface area (TPSA) is 26.0 Å². The first-order chi connectivity index (χ1) is 4.79. The molecular weight excluding hydrogens is 126 g/mol. The van der Waals surface area contributed by atoms with Crippen LogP contribution >= 0.6 is 0 Å². The first-order valence-corrected chi connectivity index (χ1v) is 3.72. The average Bonchev–Trinajstić information content (AvgIpc) is 2.67. The molecule has 1 saturated carbocycles. The zero-order valence-corrected chi connectivity index (χ0v) is 6.35. The van der Waals surface area contributed by atoms with Gasteiger partial charge in [-0.05, 0) is 26.7 Å². The highest BCUT2D eigenvalue weighted by atomic mass is 16.5. The predicted molar refractivity (Wildman–Crippen MR) is 38.0 cm³/mol. The van der Waals surface area contributed by atoms with E-state index in [2.05, 4.69) is 12.1 Å². The second kappa shape index (κ2) is 1.84. The van der Waals surface area contributed by atoms with Gasteiger partial charge in [-0.1, -0.05) is 5.16 Å². The van der Waals surface area contributed by atoms with Crippen LogP contribution in [0.2, 0.25) is 0 Å². The Balaban J connectivity index is 2.40. The van der Waals surface area contributed by atoms with Crippen LogP contribution in [0.4, 0.5) is 0 Å². The fourth-order valence-electron chi connectivity index (χ4n) is 1.16. The lowest BCUT2D eigenvalue weighted by Gasteiger charge is -1.88. The Labute approximate surface area is 60.2 Å². The Morgan fingerprint density at radius 2 is 2.10 bits per heavy atom. The number of hydrogen-bond donors (Lipinski definition) is 0. The Morgan fingerprint density at radius 1 is 1.40 bits per heavy atom. The van der Waals surface area contributed by atoms with Gasteiger partial charge in [0.15, 0.2) is 0 Å². The highest BCUT2D eigenvalue weighted by Crippen LogP contribution is 2.41. The van der Waals surface area contributed by atoms with Crippen LogP contribution in [0.3, 0.4) is 0 Å². The molecule has 54 valence electrons. The van der Waals surface area contributed by atoms with E-state index in [1.165, 1.54) is 18.4 Å². The molecule has 1 aromatic rings. The molecule has 0 aromatic carbocycles. The van der Waals surface area contributed by atoms with Crippen LogP contribution in [0, 0.1) is 13.8 Å². The van der Waals surface area contributed by atoms with Crippen molar-refractivity contribution in [3.63, 3.8) is 0 Å². The summed E-state index contributed by atoms with van der Waals surface area (Å²) in [5.41, 5.74) is 2.30. The summed E-state index contributed by atoms with van der Waals surface area (Å²) < 4.78 is 5.17. The number of aromatic nitrogens is 1. The van der Waals surface area contributed by atoms with E-state index in [0.717, 1.165) is 11.5 Å². The highest BCUT2D eigenvalue weighted by molar-refractivity contribution is 5.25. The van der Waals surface area contributed by atoms with Crippen LogP contribution in [-0.4, -0.2) is 5.16 Å². The van der Waals surface area contributed by atoms with Crippen LogP contribution in [0.1, 0.15) is 35.8 Å². The van der Waals surface area contributed by atoms with Crippen molar-refractivity contribution in [3.05, 3.63) is 17.0 Å². The molecule has 0 spiro atoms. The third-order valence-corrected chi connectivity index (χ3v) is 2.14. The number of rotatable bonds is 1. The van der Waals surface area contributed by atoms with Crippen molar-refractivity contribution in [2.24, 2.45) is 0 Å². The smallest absolute Gasteiger partial charge is 0.142 e. The van der Waals surface area contributed by atoms with Crippen molar-refractivity contribution >= 4 is 0 Å². The third-order valence-electron chi connectivity index (χ3n) is 2.14. The van der Waals surface area contributed by atoms with E-state index in [1.54, 1.807) is 0 Å². The van der Waals surface area contributed by atoms with Crippen molar-refractivity contribution in [3.8, 4) is 0 Å². The number of aryl methyl sites for hydroxylation is 1.